The summed E-state index contributed by atoms with van der Waals surface area (Å²) < 4.78 is 66.3. The molecule has 1 fully saturated rings. The number of aryl methyl sites for hydroxylation is 1. The van der Waals surface area contributed by atoms with Gasteiger partial charge in [0.05, 0.1) is 16.2 Å². The van der Waals surface area contributed by atoms with Gasteiger partial charge in [-0.25, -0.2) is 26.2 Å². The van der Waals surface area contributed by atoms with Crippen LogP contribution in [-0.4, -0.2) is 57.2 Å². The van der Waals surface area contributed by atoms with Crippen LogP contribution in [0.4, 0.5) is 10.2 Å². The van der Waals surface area contributed by atoms with E-state index in [1.54, 1.807) is 18.3 Å². The average molecular weight is 795 g/mol. The Hall–Kier alpha value is -2.91. The zero-order chi connectivity index (χ0) is 38.3. The fraction of sp³-hybridized carbons (Fsp3) is 0.538. The summed E-state index contributed by atoms with van der Waals surface area (Å²) in [7, 11) is -7.45. The Labute approximate surface area is 341 Å². The van der Waals surface area contributed by atoms with Crippen molar-refractivity contribution in [3.8, 4) is 0 Å². The molecule has 15 heteroatoms. The third kappa shape index (κ3) is 14.0. The number of hydrogen-bond acceptors (Lipinski definition) is 9. The van der Waals surface area contributed by atoms with Crippen LogP contribution in [0.15, 0.2) is 53.6 Å². The number of nitrogens with one attached hydrogen (secondary N) is 1. The molecule has 2 aromatic heterocycles. The van der Waals surface area contributed by atoms with Gasteiger partial charge >= 0.3 is 29.6 Å². The van der Waals surface area contributed by atoms with Gasteiger partial charge in [0.2, 0.25) is 10.0 Å². The molecule has 0 spiro atoms. The standard InChI is InChI=1S/C39H53FN4O7S2.Na/c1-52(48,49)34-28-31(40)24-23-30(34)29-42-39(47)37-32(36-33(21-19-25-41-36)38(43-37)44-26-17-18-27-53(44,50)51)20-15-13-11-9-7-5-3-2-4-6-8-10-12-14-16-22-35(45)46;/h2,4,19,21,23-25,28H,3,5-18,20,22,26-27,29H2,1H3,(H,42,47)(H,45,46);/q;+1/p-1/b4-2-;. The molecule has 1 aliphatic rings. The van der Waals surface area contributed by atoms with E-state index in [9.17, 15) is 35.9 Å². The second-order valence-corrected chi connectivity index (χ2v) is 17.8. The Bertz CT molecular complexity index is 1960. The molecule has 0 bridgehead atoms. The van der Waals surface area contributed by atoms with E-state index in [0.29, 0.717) is 42.1 Å². The molecule has 1 N–H and O–H groups in total. The maximum Gasteiger partial charge on any atom is 1.00 e. The first kappa shape index (κ1) is 45.5. The second kappa shape index (κ2) is 22.6. The fourth-order valence-electron chi connectivity index (χ4n) is 6.66. The van der Waals surface area contributed by atoms with E-state index in [4.69, 9.17) is 4.98 Å². The number of halogens is 1. The molecular weight excluding hydrogens is 743 g/mol. The predicted octanol–water partition coefficient (Wildman–Crippen LogP) is 3.35. The number of fused-ring (bicyclic) bond motifs is 1. The number of nitrogens with zero attached hydrogens (tertiary/aromatic N) is 3. The van der Waals surface area contributed by atoms with Gasteiger partial charge in [0, 0.05) is 42.5 Å². The molecule has 11 nitrogen and oxygen atoms in total. The van der Waals surface area contributed by atoms with Gasteiger partial charge in [-0.1, -0.05) is 63.2 Å². The van der Waals surface area contributed by atoms with Crippen LogP contribution in [0.25, 0.3) is 10.9 Å². The Morgan fingerprint density at radius 2 is 1.59 bits per heavy atom. The molecule has 0 atom stereocenters. The number of rotatable bonds is 22. The van der Waals surface area contributed by atoms with Crippen molar-refractivity contribution < 1.29 is 65.5 Å². The van der Waals surface area contributed by atoms with Gasteiger partial charge in [-0.2, -0.15) is 0 Å². The third-order valence-corrected chi connectivity index (χ3v) is 12.5. The molecule has 3 aromatic rings. The minimum atomic E-state index is -3.78. The van der Waals surface area contributed by atoms with E-state index < -0.39 is 37.6 Å². The number of amides is 1. The number of pyridine rings is 2. The molecular formula is C39H52FN4NaO7S2. The summed E-state index contributed by atoms with van der Waals surface area (Å²) in [5.74, 6) is -2.15. The number of allylic oxidation sites excluding steroid dienone is 2. The molecule has 1 aromatic carbocycles. The Morgan fingerprint density at radius 3 is 2.24 bits per heavy atom. The number of aromatic nitrogens is 2. The van der Waals surface area contributed by atoms with E-state index in [-0.39, 0.29) is 76.8 Å². The molecule has 0 unspecified atom stereocenters. The number of benzene rings is 1. The number of carbonyl (C=O) groups is 2. The first-order valence-corrected chi connectivity index (χ1v) is 22.3. The maximum absolute atomic E-state index is 13.9. The molecule has 0 saturated carbocycles. The first-order valence-electron chi connectivity index (χ1n) is 18.8. The molecule has 54 heavy (non-hydrogen) atoms. The Balaban J connectivity index is 0.00000784. The van der Waals surface area contributed by atoms with Crippen molar-refractivity contribution >= 4 is 48.5 Å². The number of unbranched alkanes of at least 4 members (excludes halogenated alkanes) is 11. The SMILES string of the molecule is CS(=O)(=O)c1cc(F)ccc1CNC(=O)c1nc(N2CCCCS2(=O)=O)c2cccnc2c1CCCCCCCC/C=C\CCCCCCCC(=O)[O-].[Na+]. The van der Waals surface area contributed by atoms with Crippen molar-refractivity contribution in [2.45, 2.75) is 121 Å². The van der Waals surface area contributed by atoms with Gasteiger partial charge in [-0.05, 0) is 94.0 Å². The summed E-state index contributed by atoms with van der Waals surface area (Å²) in [5, 5.41) is 13.8. The first-order chi connectivity index (χ1) is 25.4. The topological polar surface area (TPSA) is 167 Å². The summed E-state index contributed by atoms with van der Waals surface area (Å²) in [6.07, 6.45) is 21.9. The van der Waals surface area contributed by atoms with Crippen LogP contribution < -0.4 is 44.3 Å². The number of aliphatic carboxylic acids is 1. The molecule has 4 rings (SSSR count). The van der Waals surface area contributed by atoms with Crippen molar-refractivity contribution in [1.29, 1.82) is 0 Å². The van der Waals surface area contributed by atoms with Crippen LogP contribution in [0.2, 0.25) is 0 Å². The van der Waals surface area contributed by atoms with E-state index in [1.807, 2.05) is 0 Å². The minimum absolute atomic E-state index is 0. The van der Waals surface area contributed by atoms with Crippen LogP contribution in [-0.2, 0) is 37.6 Å². The number of carbonyl (C=O) groups excluding carboxylic acids is 2. The summed E-state index contributed by atoms with van der Waals surface area (Å²) >= 11 is 0. The molecule has 3 heterocycles. The molecule has 0 radical (unpaired) electrons. The van der Waals surface area contributed by atoms with Gasteiger partial charge in [0.1, 0.15) is 11.5 Å². The van der Waals surface area contributed by atoms with E-state index in [2.05, 4.69) is 22.5 Å². The molecule has 1 saturated heterocycles. The van der Waals surface area contributed by atoms with Gasteiger partial charge in [0.15, 0.2) is 15.7 Å². The second-order valence-electron chi connectivity index (χ2n) is 13.8. The number of sulfonamides is 1. The molecule has 290 valence electrons. The fourth-order valence-corrected chi connectivity index (χ4v) is 9.20. The van der Waals surface area contributed by atoms with Crippen LogP contribution in [0.1, 0.15) is 124 Å². The van der Waals surface area contributed by atoms with Crippen LogP contribution in [0.5, 0.6) is 0 Å². The molecule has 0 aliphatic carbocycles. The van der Waals surface area contributed by atoms with Crippen molar-refractivity contribution in [3.63, 3.8) is 0 Å². The molecule has 1 amide bonds. The van der Waals surface area contributed by atoms with Gasteiger partial charge in [-0.15, -0.1) is 0 Å². The zero-order valence-electron chi connectivity index (χ0n) is 31.7. The average Bonchev–Trinajstić information content (AvgIpc) is 3.11. The van der Waals surface area contributed by atoms with E-state index >= 15 is 0 Å². The Kier molecular flexibility index (Phi) is 19.0. The monoisotopic (exact) mass is 794 g/mol. The molecule has 1 aliphatic heterocycles. The van der Waals surface area contributed by atoms with Crippen molar-refractivity contribution in [2.75, 3.05) is 22.9 Å². The van der Waals surface area contributed by atoms with E-state index in [0.717, 1.165) is 95.4 Å². The van der Waals surface area contributed by atoms with E-state index in [1.165, 1.54) is 10.4 Å². The van der Waals surface area contributed by atoms with Crippen LogP contribution in [0.3, 0.4) is 0 Å². The van der Waals surface area contributed by atoms with Gasteiger partial charge in [0.25, 0.3) is 5.91 Å². The normalized spacial score (nSPS) is 14.3. The third-order valence-electron chi connectivity index (χ3n) is 9.47. The number of hydrogen-bond donors (Lipinski definition) is 1. The quantitative estimate of drug-likeness (QED) is 0.0912. The summed E-state index contributed by atoms with van der Waals surface area (Å²) in [5.41, 5.74) is 1.36. The number of anilines is 1. The number of sulfone groups is 1. The van der Waals surface area contributed by atoms with Crippen molar-refractivity contribution in [2.24, 2.45) is 0 Å². The maximum atomic E-state index is 13.9. The summed E-state index contributed by atoms with van der Waals surface area (Å²) in [6.45, 7) is 0.0304. The summed E-state index contributed by atoms with van der Waals surface area (Å²) in [4.78, 5) is 33.4. The van der Waals surface area contributed by atoms with Crippen LogP contribution in [0, 0.1) is 5.82 Å². The predicted molar refractivity (Wildman–Crippen MR) is 203 cm³/mol. The summed E-state index contributed by atoms with van der Waals surface area (Å²) in [6, 6.07) is 6.87. The number of carboxylic acid groups (broad SMARTS) is 1. The van der Waals surface area contributed by atoms with Crippen molar-refractivity contribution in [3.05, 3.63) is 71.3 Å². The largest absolute Gasteiger partial charge is 1.00 e. The minimum Gasteiger partial charge on any atom is -0.550 e. The van der Waals surface area contributed by atoms with Gasteiger partial charge < -0.3 is 15.2 Å². The number of carboxylic acids is 1. The zero-order valence-corrected chi connectivity index (χ0v) is 35.3. The van der Waals surface area contributed by atoms with Crippen molar-refractivity contribution in [1.82, 2.24) is 15.3 Å². The Morgan fingerprint density at radius 1 is 0.944 bits per heavy atom. The smallest absolute Gasteiger partial charge is 0.550 e. The van der Waals surface area contributed by atoms with Crippen LogP contribution >= 0.6 is 0 Å². The van der Waals surface area contributed by atoms with Gasteiger partial charge in [-0.3, -0.25) is 14.1 Å².